The maximum absolute atomic E-state index is 14.3. The topological polar surface area (TPSA) is 165 Å². The lowest BCUT2D eigenvalue weighted by molar-refractivity contribution is -0.203. The number of pyridine rings is 1. The average molecular weight is 759 g/mol. The van der Waals surface area contributed by atoms with Crippen LogP contribution >= 0.6 is 0 Å². The van der Waals surface area contributed by atoms with Gasteiger partial charge in [0.2, 0.25) is 18.1 Å². The third kappa shape index (κ3) is 10.8. The number of phenolic OH excluding ortho intramolecular Hbond substituents is 1. The smallest absolute Gasteiger partial charge is 0.322 e. The first-order valence-electron chi connectivity index (χ1n) is 18.1. The number of phenols is 1. The summed E-state index contributed by atoms with van der Waals surface area (Å²) in [5.41, 5.74) is 2.89. The second kappa shape index (κ2) is 18.7. The van der Waals surface area contributed by atoms with Crippen molar-refractivity contribution in [1.29, 1.82) is 0 Å². The molecule has 2 amide bonds. The van der Waals surface area contributed by atoms with Crippen LogP contribution in [0, 0.1) is 0 Å². The summed E-state index contributed by atoms with van der Waals surface area (Å²) < 4.78 is 12.5. The number of carbonyl (C=O) groups is 4. The van der Waals surface area contributed by atoms with Crippen molar-refractivity contribution in [3.05, 3.63) is 166 Å². The molecule has 3 N–H and O–H groups in total. The minimum Gasteiger partial charge on any atom is -0.508 e. The summed E-state index contributed by atoms with van der Waals surface area (Å²) in [7, 11) is 0. The van der Waals surface area contributed by atoms with Crippen LogP contribution in [0.3, 0.4) is 0 Å². The van der Waals surface area contributed by atoms with Gasteiger partial charge in [-0.2, -0.15) is 0 Å². The Morgan fingerprint density at radius 2 is 1.45 bits per heavy atom. The van der Waals surface area contributed by atoms with E-state index in [9.17, 15) is 29.1 Å². The van der Waals surface area contributed by atoms with Crippen LogP contribution in [0.2, 0.25) is 0 Å². The summed E-state index contributed by atoms with van der Waals surface area (Å²) in [5.74, 6) is -2.37. The number of amides is 2. The fourth-order valence-corrected chi connectivity index (χ4v) is 6.33. The number of hydroxylamine groups is 2. The Bertz CT molecular complexity index is 2180. The van der Waals surface area contributed by atoms with Crippen LogP contribution in [0.25, 0.3) is 0 Å². The molecule has 0 spiro atoms. The minimum atomic E-state index is -1.13. The molecular weight excluding hydrogens is 716 g/mol. The number of rotatable bonds is 16. The van der Waals surface area contributed by atoms with Crippen LogP contribution in [0.15, 0.2) is 132 Å². The summed E-state index contributed by atoms with van der Waals surface area (Å²) in [5, 5.41) is 16.7. The molecule has 2 heterocycles. The predicted molar refractivity (Wildman–Crippen MR) is 206 cm³/mol. The summed E-state index contributed by atoms with van der Waals surface area (Å²) in [4.78, 5) is 72.3. The molecule has 1 aliphatic heterocycles. The monoisotopic (exact) mass is 758 g/mol. The van der Waals surface area contributed by atoms with E-state index in [0.29, 0.717) is 17.7 Å². The van der Waals surface area contributed by atoms with Crippen molar-refractivity contribution in [2.24, 2.45) is 0 Å². The number of benzene rings is 4. The fraction of sp³-hybridized carbons (Fsp3) is 0.233. The van der Waals surface area contributed by atoms with Gasteiger partial charge in [-0.1, -0.05) is 103 Å². The van der Waals surface area contributed by atoms with Crippen molar-refractivity contribution >= 4 is 29.4 Å². The molecule has 0 bridgehead atoms. The molecule has 1 aromatic heterocycles. The number of anilines is 1. The molecule has 0 radical (unpaired) electrons. The van der Waals surface area contributed by atoms with Crippen LogP contribution in [-0.4, -0.2) is 56.9 Å². The zero-order valence-corrected chi connectivity index (χ0v) is 30.7. The second-order valence-corrected chi connectivity index (χ2v) is 13.3. The lowest BCUT2D eigenvalue weighted by Crippen LogP contribution is -2.47. The number of esters is 1. The molecule has 6 rings (SSSR count). The van der Waals surface area contributed by atoms with E-state index in [1.54, 1.807) is 18.2 Å². The molecule has 1 fully saturated rings. The molecule has 4 aromatic carbocycles. The highest BCUT2D eigenvalue weighted by Gasteiger charge is 2.37. The van der Waals surface area contributed by atoms with E-state index in [-0.39, 0.29) is 37.4 Å². The summed E-state index contributed by atoms with van der Waals surface area (Å²) >= 11 is 0. The number of hydrogen-bond donors (Lipinski definition) is 3. The van der Waals surface area contributed by atoms with Gasteiger partial charge in [0.15, 0.2) is 0 Å². The standard InChI is InChI=1S/C43H42N4O9/c1-29(48)56-47(26-32-13-7-3-8-14-32)38(24-31-17-20-35(49)21-18-31)41(52)45-36-22-19-34(23-30-11-5-2-6-12-30)46(42(36)53)27-39(50)44-37-25-40(51)55-43(37)54-28-33-15-9-4-10-16-33/h2-22,37-38,43,49H,23-28H2,1H3,(H,44,50)(H,45,52)/t37?,38-,43?/m0/s1. The van der Waals surface area contributed by atoms with E-state index < -0.39 is 54.2 Å². The Balaban J connectivity index is 1.27. The van der Waals surface area contributed by atoms with E-state index in [1.807, 2.05) is 91.0 Å². The number of hydrogen-bond acceptors (Lipinski definition) is 10. The van der Waals surface area contributed by atoms with E-state index in [0.717, 1.165) is 16.7 Å². The Hall–Kier alpha value is -6.57. The van der Waals surface area contributed by atoms with E-state index >= 15 is 0 Å². The van der Waals surface area contributed by atoms with Crippen molar-refractivity contribution in [1.82, 2.24) is 14.9 Å². The van der Waals surface area contributed by atoms with Crippen molar-refractivity contribution < 1.29 is 38.6 Å². The van der Waals surface area contributed by atoms with E-state index in [4.69, 9.17) is 14.3 Å². The minimum absolute atomic E-state index is 0.0401. The molecule has 1 aliphatic rings. The molecule has 3 atom stereocenters. The van der Waals surface area contributed by atoms with Crippen molar-refractivity contribution in [3.63, 3.8) is 0 Å². The predicted octanol–water partition coefficient (Wildman–Crippen LogP) is 4.65. The molecule has 56 heavy (non-hydrogen) atoms. The highest BCUT2D eigenvalue weighted by atomic mass is 16.7. The van der Waals surface area contributed by atoms with E-state index in [2.05, 4.69) is 10.6 Å². The number of carbonyl (C=O) groups excluding carboxylic acids is 4. The van der Waals surface area contributed by atoms with Gasteiger partial charge in [0, 0.05) is 25.5 Å². The first-order valence-corrected chi connectivity index (χ1v) is 18.1. The molecule has 0 saturated carbocycles. The lowest BCUT2D eigenvalue weighted by Gasteiger charge is -2.29. The van der Waals surface area contributed by atoms with Gasteiger partial charge < -0.3 is 34.6 Å². The lowest BCUT2D eigenvalue weighted by atomic mass is 10.0. The van der Waals surface area contributed by atoms with Gasteiger partial charge in [-0.25, -0.2) is 0 Å². The quantitative estimate of drug-likeness (QED) is 0.0953. The number of nitrogens with zero attached hydrogens (tertiary/aromatic N) is 2. The van der Waals surface area contributed by atoms with Gasteiger partial charge >= 0.3 is 11.9 Å². The normalized spacial score (nSPS) is 15.5. The second-order valence-electron chi connectivity index (χ2n) is 13.3. The van der Waals surface area contributed by atoms with Gasteiger partial charge in [-0.15, -0.1) is 5.06 Å². The molecule has 288 valence electrons. The number of aromatic nitrogens is 1. The fourth-order valence-electron chi connectivity index (χ4n) is 6.33. The molecular formula is C43H42N4O9. The Morgan fingerprint density at radius 1 is 0.821 bits per heavy atom. The van der Waals surface area contributed by atoms with Crippen LogP contribution in [0.5, 0.6) is 5.75 Å². The maximum atomic E-state index is 14.3. The zero-order valence-electron chi connectivity index (χ0n) is 30.7. The van der Waals surface area contributed by atoms with Crippen LogP contribution in [0.1, 0.15) is 41.3 Å². The van der Waals surface area contributed by atoms with E-state index in [1.165, 1.54) is 34.8 Å². The molecule has 5 aromatic rings. The Labute approximate surface area is 323 Å². The van der Waals surface area contributed by atoms with Gasteiger partial charge in [-0.3, -0.25) is 24.0 Å². The average Bonchev–Trinajstić information content (AvgIpc) is 3.54. The first-order chi connectivity index (χ1) is 27.1. The molecule has 13 nitrogen and oxygen atoms in total. The molecule has 13 heteroatoms. The zero-order chi connectivity index (χ0) is 39.4. The van der Waals surface area contributed by atoms with Crippen LogP contribution in [-0.2, 0) is 66.0 Å². The van der Waals surface area contributed by atoms with Crippen molar-refractivity contribution in [3.8, 4) is 5.75 Å². The molecule has 2 unspecified atom stereocenters. The first kappa shape index (κ1) is 39.1. The Morgan fingerprint density at radius 3 is 2.09 bits per heavy atom. The highest BCUT2D eigenvalue weighted by Crippen LogP contribution is 2.21. The van der Waals surface area contributed by atoms with Crippen molar-refractivity contribution in [2.75, 3.05) is 5.32 Å². The molecule has 0 aliphatic carbocycles. The third-order valence-corrected chi connectivity index (χ3v) is 9.06. The van der Waals surface area contributed by atoms with Crippen LogP contribution < -0.4 is 16.2 Å². The molecule has 1 saturated heterocycles. The number of aromatic hydroxyl groups is 1. The van der Waals surface area contributed by atoms with Gasteiger partial charge in [0.05, 0.1) is 19.6 Å². The SMILES string of the molecule is CC(=O)ON(Cc1ccccc1)[C@@H](Cc1ccc(O)cc1)C(=O)Nc1ccc(Cc2ccccc2)n(CC(=O)NC2CC(=O)OC2OCc2ccccc2)c1=O. The number of ether oxygens (including phenoxy) is 2. The summed E-state index contributed by atoms with van der Waals surface area (Å²) in [6.07, 6.45) is -0.798. The van der Waals surface area contributed by atoms with Gasteiger partial charge in [-0.05, 0) is 46.5 Å². The summed E-state index contributed by atoms with van der Waals surface area (Å²) in [6.45, 7) is 1.00. The highest BCUT2D eigenvalue weighted by molar-refractivity contribution is 5.95. The van der Waals surface area contributed by atoms with Gasteiger partial charge in [0.25, 0.3) is 5.56 Å². The maximum Gasteiger partial charge on any atom is 0.322 e. The van der Waals surface area contributed by atoms with Crippen molar-refractivity contribution in [2.45, 2.75) is 64.3 Å². The van der Waals surface area contributed by atoms with Gasteiger partial charge in [0.1, 0.15) is 30.1 Å². The largest absolute Gasteiger partial charge is 0.508 e. The number of nitrogens with one attached hydrogen (secondary N) is 2. The number of cyclic esters (lactones) is 1. The third-order valence-electron chi connectivity index (χ3n) is 9.06. The summed E-state index contributed by atoms with van der Waals surface area (Å²) in [6, 6.07) is 35.3. The van der Waals surface area contributed by atoms with Crippen LogP contribution in [0.4, 0.5) is 5.69 Å². The Kier molecular flexibility index (Phi) is 13.0.